The maximum absolute atomic E-state index is 12.0. The smallest absolute Gasteiger partial charge is 0.255 e. The van der Waals surface area contributed by atoms with Crippen LogP contribution in [0.1, 0.15) is 0 Å². The Balaban J connectivity index is 0.000000158. The molecule has 0 radical (unpaired) electrons. The molecule has 0 atom stereocenters. The monoisotopic (exact) mass is 486 g/mol. The average Bonchev–Trinajstić information content (AvgIpc) is 3.21. The minimum Gasteiger partial charge on any atom is -0.396 e. The SMILES string of the molecule is FC(F)CNc1cc(Br)cn2ccnc12.Nc1cc(Br)cn2ccnc12. The molecule has 10 heteroatoms. The number of nitrogens with zero attached hydrogens (tertiary/aromatic N) is 4. The predicted octanol–water partition coefficient (Wildman–Crippen LogP) is 4.45. The van der Waals surface area contributed by atoms with E-state index in [0.29, 0.717) is 17.0 Å². The second-order valence-corrected chi connectivity index (χ2v) is 7.11. The molecule has 0 aliphatic heterocycles. The lowest BCUT2D eigenvalue weighted by atomic mass is 10.4. The summed E-state index contributed by atoms with van der Waals surface area (Å²) in [4.78, 5) is 8.15. The van der Waals surface area contributed by atoms with Gasteiger partial charge in [-0.1, -0.05) is 0 Å². The number of aromatic nitrogens is 4. The number of anilines is 2. The molecule has 3 N–H and O–H groups in total. The number of nitrogen functional groups attached to an aromatic ring is 1. The molecule has 0 saturated heterocycles. The highest BCUT2D eigenvalue weighted by molar-refractivity contribution is 9.10. The lowest BCUT2D eigenvalue weighted by Gasteiger charge is -2.07. The van der Waals surface area contributed by atoms with E-state index in [1.807, 2.05) is 29.1 Å². The third kappa shape index (κ3) is 4.31. The fourth-order valence-electron chi connectivity index (χ4n) is 2.34. The molecule has 0 aromatic carbocycles. The lowest BCUT2D eigenvalue weighted by Crippen LogP contribution is -2.11. The van der Waals surface area contributed by atoms with Gasteiger partial charge in [-0.15, -0.1) is 0 Å². The Bertz CT molecular complexity index is 1030. The number of alkyl halides is 2. The molecule has 0 aliphatic rings. The number of hydrogen-bond donors (Lipinski definition) is 2. The molecule has 0 saturated carbocycles. The van der Waals surface area contributed by atoms with Crippen LogP contribution in [-0.2, 0) is 0 Å². The van der Waals surface area contributed by atoms with Gasteiger partial charge in [0.05, 0.1) is 17.9 Å². The second kappa shape index (κ2) is 8.00. The van der Waals surface area contributed by atoms with Crippen LogP contribution in [-0.4, -0.2) is 31.7 Å². The summed E-state index contributed by atoms with van der Waals surface area (Å²) in [6, 6.07) is 3.56. The molecule has 0 fully saturated rings. The molecule has 4 aromatic rings. The summed E-state index contributed by atoms with van der Waals surface area (Å²) >= 11 is 6.64. The van der Waals surface area contributed by atoms with Crippen molar-refractivity contribution in [3.8, 4) is 0 Å². The van der Waals surface area contributed by atoms with Gasteiger partial charge in [0.1, 0.15) is 0 Å². The summed E-state index contributed by atoms with van der Waals surface area (Å²) in [6.07, 6.45) is 8.31. The second-order valence-electron chi connectivity index (χ2n) is 5.27. The number of fused-ring (bicyclic) bond motifs is 2. The number of nitrogens with one attached hydrogen (secondary N) is 1. The van der Waals surface area contributed by atoms with Crippen LogP contribution in [0.2, 0.25) is 0 Å². The normalized spacial score (nSPS) is 11.0. The van der Waals surface area contributed by atoms with Crippen molar-refractivity contribution in [3.63, 3.8) is 0 Å². The van der Waals surface area contributed by atoms with Crippen molar-refractivity contribution in [1.82, 2.24) is 18.8 Å². The van der Waals surface area contributed by atoms with Crippen LogP contribution >= 0.6 is 31.9 Å². The Morgan fingerprint density at radius 3 is 2.23 bits per heavy atom. The third-order valence-corrected chi connectivity index (χ3v) is 4.25. The summed E-state index contributed by atoms with van der Waals surface area (Å²) in [6.45, 7) is -0.376. The molecule has 0 spiro atoms. The van der Waals surface area contributed by atoms with E-state index in [4.69, 9.17) is 5.73 Å². The van der Waals surface area contributed by atoms with E-state index in [-0.39, 0.29) is 6.54 Å². The topological polar surface area (TPSA) is 72.6 Å². The van der Waals surface area contributed by atoms with Crippen LogP contribution < -0.4 is 11.1 Å². The van der Waals surface area contributed by atoms with Gasteiger partial charge in [-0.25, -0.2) is 18.7 Å². The first-order valence-electron chi connectivity index (χ1n) is 7.46. The van der Waals surface area contributed by atoms with Crippen molar-refractivity contribution in [1.29, 1.82) is 0 Å². The standard InChI is InChI=1S/C9H8BrF2N3.C7H6BrN3/c10-6-3-7(14-4-8(11)12)9-13-1-2-15(9)5-6;8-5-3-6(9)7-10-1-2-11(7)4-5/h1-3,5,8,14H,4H2;1-4H,9H2. The first kappa shape index (κ1) is 18.6. The highest BCUT2D eigenvalue weighted by Crippen LogP contribution is 2.21. The van der Waals surface area contributed by atoms with Crippen molar-refractivity contribution in [2.75, 3.05) is 17.6 Å². The number of nitrogens with two attached hydrogens (primary N) is 1. The molecule has 136 valence electrons. The van der Waals surface area contributed by atoms with Gasteiger partial charge in [-0.3, -0.25) is 0 Å². The van der Waals surface area contributed by atoms with Crippen LogP contribution in [0.5, 0.6) is 0 Å². The largest absolute Gasteiger partial charge is 0.396 e. The van der Waals surface area contributed by atoms with Crippen molar-refractivity contribution in [3.05, 3.63) is 58.3 Å². The highest BCUT2D eigenvalue weighted by atomic mass is 79.9. The Kier molecular flexibility index (Phi) is 5.72. The lowest BCUT2D eigenvalue weighted by molar-refractivity contribution is 0.163. The molecule has 0 bridgehead atoms. The van der Waals surface area contributed by atoms with Crippen molar-refractivity contribution < 1.29 is 8.78 Å². The van der Waals surface area contributed by atoms with Crippen LogP contribution in [0.15, 0.2) is 58.3 Å². The Hall–Kier alpha value is -2.20. The maximum Gasteiger partial charge on any atom is 0.255 e. The molecule has 4 heterocycles. The van der Waals surface area contributed by atoms with Crippen molar-refractivity contribution in [2.24, 2.45) is 0 Å². The van der Waals surface area contributed by atoms with E-state index in [1.54, 1.807) is 29.1 Å². The van der Waals surface area contributed by atoms with Gasteiger partial charge in [0.25, 0.3) is 6.43 Å². The van der Waals surface area contributed by atoms with Gasteiger partial charge >= 0.3 is 0 Å². The molecule has 0 aliphatic carbocycles. The quantitative estimate of drug-likeness (QED) is 0.447. The van der Waals surface area contributed by atoms with E-state index in [1.165, 1.54) is 0 Å². The summed E-state index contributed by atoms with van der Waals surface area (Å²) in [7, 11) is 0. The fraction of sp³-hybridized carbons (Fsp3) is 0.125. The molecular formula is C16H14Br2F2N6. The zero-order chi connectivity index (χ0) is 18.7. The zero-order valence-electron chi connectivity index (χ0n) is 13.3. The van der Waals surface area contributed by atoms with Gasteiger partial charge in [0.2, 0.25) is 0 Å². The number of rotatable bonds is 3. The van der Waals surface area contributed by atoms with E-state index < -0.39 is 6.43 Å². The first-order chi connectivity index (χ1) is 12.4. The molecule has 26 heavy (non-hydrogen) atoms. The van der Waals surface area contributed by atoms with Crippen LogP contribution in [0.3, 0.4) is 0 Å². The highest BCUT2D eigenvalue weighted by Gasteiger charge is 2.07. The van der Waals surface area contributed by atoms with Gasteiger partial charge in [0.15, 0.2) is 11.3 Å². The number of imidazole rings is 2. The summed E-state index contributed by atoms with van der Waals surface area (Å²) in [5.41, 5.74) is 8.40. The third-order valence-electron chi connectivity index (χ3n) is 3.38. The first-order valence-corrected chi connectivity index (χ1v) is 9.04. The average molecular weight is 488 g/mol. The summed E-state index contributed by atoms with van der Waals surface area (Å²) in [5, 5.41) is 2.65. The summed E-state index contributed by atoms with van der Waals surface area (Å²) < 4.78 is 29.5. The van der Waals surface area contributed by atoms with Crippen LogP contribution in [0.4, 0.5) is 20.2 Å². The molecule has 6 nitrogen and oxygen atoms in total. The molecule has 0 amide bonds. The van der Waals surface area contributed by atoms with Gasteiger partial charge in [-0.2, -0.15) is 0 Å². The number of hydrogen-bond acceptors (Lipinski definition) is 4. The molecular weight excluding hydrogens is 474 g/mol. The van der Waals surface area contributed by atoms with Gasteiger partial charge in [-0.05, 0) is 44.0 Å². The predicted molar refractivity (Wildman–Crippen MR) is 105 cm³/mol. The minimum atomic E-state index is -2.38. The summed E-state index contributed by atoms with van der Waals surface area (Å²) in [5.74, 6) is 0. The van der Waals surface area contributed by atoms with E-state index in [2.05, 4.69) is 47.1 Å². The maximum atomic E-state index is 12.0. The van der Waals surface area contributed by atoms with Gasteiger partial charge < -0.3 is 19.9 Å². The number of pyridine rings is 2. The Labute approximate surface area is 164 Å². The van der Waals surface area contributed by atoms with E-state index in [0.717, 1.165) is 14.6 Å². The van der Waals surface area contributed by atoms with Crippen LogP contribution in [0, 0.1) is 0 Å². The van der Waals surface area contributed by atoms with Crippen molar-refractivity contribution in [2.45, 2.75) is 6.43 Å². The van der Waals surface area contributed by atoms with E-state index >= 15 is 0 Å². The van der Waals surface area contributed by atoms with Crippen molar-refractivity contribution >= 4 is 54.5 Å². The number of halogens is 4. The minimum absolute atomic E-state index is 0.376. The van der Waals surface area contributed by atoms with E-state index in [9.17, 15) is 8.78 Å². The Morgan fingerprint density at radius 2 is 1.58 bits per heavy atom. The molecule has 4 aromatic heterocycles. The van der Waals surface area contributed by atoms with Crippen LogP contribution in [0.25, 0.3) is 11.3 Å². The molecule has 4 rings (SSSR count). The zero-order valence-corrected chi connectivity index (χ0v) is 16.5. The van der Waals surface area contributed by atoms with Gasteiger partial charge in [0, 0.05) is 46.1 Å². The Morgan fingerprint density at radius 1 is 1.00 bits per heavy atom. The fourth-order valence-corrected chi connectivity index (χ4v) is 3.26. The molecule has 0 unspecified atom stereocenters.